The van der Waals surface area contributed by atoms with Gasteiger partial charge < -0.3 is 5.32 Å². The number of thioether (sulfide) groups is 1. The Kier molecular flexibility index (Phi) is 8.09. The minimum Gasteiger partial charge on any atom is -0.358 e. The third-order valence-corrected chi connectivity index (χ3v) is 6.04. The van der Waals surface area contributed by atoms with E-state index in [9.17, 15) is 13.6 Å². The maximum atomic E-state index is 13.1. The van der Waals surface area contributed by atoms with Gasteiger partial charge in [-0.05, 0) is 48.7 Å². The molecular weight excluding hydrogens is 376 g/mol. The van der Waals surface area contributed by atoms with Crippen LogP contribution in [0.3, 0.4) is 0 Å². The molecule has 1 aliphatic rings. The van der Waals surface area contributed by atoms with E-state index in [0.717, 1.165) is 18.6 Å². The Morgan fingerprint density at radius 2 is 2.00 bits per heavy atom. The number of hydrogen-bond acceptors (Lipinski definition) is 3. The van der Waals surface area contributed by atoms with Crippen LogP contribution < -0.4 is 16.2 Å². The highest BCUT2D eigenvalue weighted by Crippen LogP contribution is 2.29. The molecule has 0 bridgehead atoms. The Bertz CT molecular complexity index is 645. The second-order valence-corrected chi connectivity index (χ2v) is 8.27. The van der Waals surface area contributed by atoms with Crippen LogP contribution in [0, 0.1) is 23.5 Å². The van der Waals surface area contributed by atoms with Crippen molar-refractivity contribution in [2.24, 2.45) is 11.8 Å². The Hall–Kier alpha value is -1.41. The number of halogens is 2. The molecule has 1 amide bonds. The first kappa shape index (κ1) is 20.9. The van der Waals surface area contributed by atoms with Crippen molar-refractivity contribution >= 4 is 35.0 Å². The summed E-state index contributed by atoms with van der Waals surface area (Å²) in [6.07, 6.45) is 3.73. The summed E-state index contributed by atoms with van der Waals surface area (Å²) < 4.78 is 26.0. The van der Waals surface area contributed by atoms with Crippen molar-refractivity contribution in [3.63, 3.8) is 0 Å². The smallest absolute Gasteiger partial charge is 0.239 e. The van der Waals surface area contributed by atoms with Crippen molar-refractivity contribution < 1.29 is 13.6 Å². The maximum absolute atomic E-state index is 13.1. The van der Waals surface area contributed by atoms with Gasteiger partial charge in [0.1, 0.15) is 0 Å². The summed E-state index contributed by atoms with van der Waals surface area (Å²) in [6.45, 7) is 4.47. The topological polar surface area (TPSA) is 53.2 Å². The lowest BCUT2D eigenvalue weighted by molar-refractivity contribution is -0.121. The fourth-order valence-electron chi connectivity index (χ4n) is 3.01. The van der Waals surface area contributed by atoms with Gasteiger partial charge in [0.15, 0.2) is 16.7 Å². The molecule has 1 saturated carbocycles. The van der Waals surface area contributed by atoms with Gasteiger partial charge in [0.05, 0.1) is 0 Å². The first-order valence-corrected chi connectivity index (χ1v) is 10.2. The monoisotopic (exact) mass is 401 g/mol. The minimum atomic E-state index is -0.885. The Balaban J connectivity index is 1.64. The molecule has 3 atom stereocenters. The molecule has 0 radical (unpaired) electrons. The van der Waals surface area contributed by atoms with Gasteiger partial charge in [0.2, 0.25) is 5.91 Å². The number of hydrazine groups is 1. The van der Waals surface area contributed by atoms with Gasteiger partial charge in [-0.15, -0.1) is 11.8 Å². The number of hydrogen-bond donors (Lipinski definition) is 3. The van der Waals surface area contributed by atoms with Crippen LogP contribution in [-0.4, -0.2) is 22.8 Å². The van der Waals surface area contributed by atoms with Crippen molar-refractivity contribution in [3.05, 3.63) is 29.8 Å². The van der Waals surface area contributed by atoms with Gasteiger partial charge >= 0.3 is 0 Å². The number of thiocarbonyl (C=S) groups is 1. The van der Waals surface area contributed by atoms with E-state index in [-0.39, 0.29) is 12.3 Å². The third kappa shape index (κ3) is 6.39. The molecule has 0 saturated heterocycles. The van der Waals surface area contributed by atoms with Crippen LogP contribution >= 0.6 is 24.0 Å². The summed E-state index contributed by atoms with van der Waals surface area (Å²) >= 11 is 6.53. The summed E-state index contributed by atoms with van der Waals surface area (Å²) in [5, 5.41) is 3.69. The standard InChI is InChI=1S/C18H25F2N3OS2/c1-11-4-3-5-16(12(11)2)21-18(25)23-22-17(24)8-9-26-13-6-7-14(19)15(20)10-13/h6-7,10-12,16H,3-5,8-9H2,1-2H3,(H,22,24)(H2,21,23,25)/t11-,12+,16+/m0/s1. The van der Waals surface area contributed by atoms with E-state index >= 15 is 0 Å². The molecule has 3 N–H and O–H groups in total. The molecule has 1 aromatic rings. The van der Waals surface area contributed by atoms with E-state index in [0.29, 0.717) is 33.6 Å². The molecule has 0 heterocycles. The molecule has 0 aromatic heterocycles. The van der Waals surface area contributed by atoms with E-state index in [1.807, 2.05) is 0 Å². The highest BCUT2D eigenvalue weighted by atomic mass is 32.2. The lowest BCUT2D eigenvalue weighted by Crippen LogP contribution is -2.52. The molecule has 2 rings (SSSR count). The summed E-state index contributed by atoms with van der Waals surface area (Å²) in [7, 11) is 0. The second kappa shape index (κ2) is 10.1. The molecule has 26 heavy (non-hydrogen) atoms. The number of benzene rings is 1. The molecule has 1 aromatic carbocycles. The largest absolute Gasteiger partial charge is 0.358 e. The number of nitrogens with one attached hydrogen (secondary N) is 3. The predicted molar refractivity (Wildman–Crippen MR) is 105 cm³/mol. The molecular formula is C18H25F2N3OS2. The van der Waals surface area contributed by atoms with Gasteiger partial charge in [0.25, 0.3) is 0 Å². The molecule has 8 heteroatoms. The zero-order valence-electron chi connectivity index (χ0n) is 15.0. The Morgan fingerprint density at radius 3 is 2.73 bits per heavy atom. The summed E-state index contributed by atoms with van der Waals surface area (Å²) in [5.74, 6) is -0.327. The first-order valence-electron chi connectivity index (χ1n) is 8.80. The van der Waals surface area contributed by atoms with Gasteiger partial charge in [-0.25, -0.2) is 8.78 Å². The molecule has 4 nitrogen and oxygen atoms in total. The van der Waals surface area contributed by atoms with Gasteiger partial charge in [-0.2, -0.15) is 0 Å². The minimum absolute atomic E-state index is 0.214. The van der Waals surface area contributed by atoms with E-state index in [4.69, 9.17) is 12.2 Å². The van der Waals surface area contributed by atoms with Crippen molar-refractivity contribution in [1.29, 1.82) is 0 Å². The van der Waals surface area contributed by atoms with Crippen molar-refractivity contribution in [2.45, 2.75) is 50.5 Å². The van der Waals surface area contributed by atoms with Crippen LogP contribution in [0.25, 0.3) is 0 Å². The lowest BCUT2D eigenvalue weighted by atomic mass is 9.78. The third-order valence-electron chi connectivity index (χ3n) is 4.83. The van der Waals surface area contributed by atoms with Gasteiger partial charge in [-0.3, -0.25) is 15.6 Å². The number of carbonyl (C=O) groups is 1. The van der Waals surface area contributed by atoms with Gasteiger partial charge in [-0.1, -0.05) is 26.7 Å². The summed E-state index contributed by atoms with van der Waals surface area (Å²) in [6, 6.07) is 4.02. The number of rotatable bonds is 5. The predicted octanol–water partition coefficient (Wildman–Crippen LogP) is 3.77. The molecule has 1 fully saturated rings. The van der Waals surface area contributed by atoms with E-state index in [1.165, 1.54) is 30.7 Å². The van der Waals surface area contributed by atoms with E-state index < -0.39 is 11.6 Å². The van der Waals surface area contributed by atoms with E-state index in [2.05, 4.69) is 30.0 Å². The lowest BCUT2D eigenvalue weighted by Gasteiger charge is -2.35. The first-order chi connectivity index (χ1) is 12.4. The van der Waals surface area contributed by atoms with Crippen LogP contribution in [0.5, 0.6) is 0 Å². The fourth-order valence-corrected chi connectivity index (χ4v) is 4.08. The van der Waals surface area contributed by atoms with Crippen LogP contribution in [0.1, 0.15) is 39.5 Å². The second-order valence-electron chi connectivity index (χ2n) is 6.69. The van der Waals surface area contributed by atoms with E-state index in [1.54, 1.807) is 0 Å². The van der Waals surface area contributed by atoms with Crippen LogP contribution in [0.4, 0.5) is 8.78 Å². The van der Waals surface area contributed by atoms with Gasteiger partial charge in [0, 0.05) is 23.1 Å². The highest BCUT2D eigenvalue weighted by molar-refractivity contribution is 7.99. The van der Waals surface area contributed by atoms with Crippen LogP contribution in [0.2, 0.25) is 0 Å². The summed E-state index contributed by atoms with van der Waals surface area (Å²) in [4.78, 5) is 12.4. The average Bonchev–Trinajstić information content (AvgIpc) is 2.60. The van der Waals surface area contributed by atoms with Crippen LogP contribution in [0.15, 0.2) is 23.1 Å². The SMILES string of the molecule is C[C@@H]1[C@@H](C)CCC[C@H]1NC(=S)NNC(=O)CCSc1ccc(F)c(F)c1. The molecule has 0 unspecified atom stereocenters. The quantitative estimate of drug-likeness (QED) is 0.398. The number of amides is 1. The maximum Gasteiger partial charge on any atom is 0.239 e. The molecule has 1 aliphatic carbocycles. The van der Waals surface area contributed by atoms with Crippen molar-refractivity contribution in [2.75, 3.05) is 5.75 Å². The van der Waals surface area contributed by atoms with Crippen molar-refractivity contribution in [1.82, 2.24) is 16.2 Å². The molecule has 144 valence electrons. The zero-order chi connectivity index (χ0) is 19.1. The Morgan fingerprint density at radius 1 is 1.23 bits per heavy atom. The zero-order valence-corrected chi connectivity index (χ0v) is 16.6. The Labute approximate surface area is 162 Å². The van der Waals surface area contributed by atoms with Crippen LogP contribution in [-0.2, 0) is 4.79 Å². The van der Waals surface area contributed by atoms with Crippen molar-refractivity contribution in [3.8, 4) is 0 Å². The summed E-state index contributed by atoms with van der Waals surface area (Å²) in [5.41, 5.74) is 5.30. The highest BCUT2D eigenvalue weighted by Gasteiger charge is 2.27. The normalized spacial score (nSPS) is 22.5. The fraction of sp³-hybridized carbons (Fsp3) is 0.556. The molecule has 0 spiro atoms. The molecule has 0 aliphatic heterocycles. The number of carbonyl (C=O) groups excluding carboxylic acids is 1. The average molecular weight is 402 g/mol.